The van der Waals surface area contributed by atoms with E-state index in [2.05, 4.69) is 24.2 Å². The first-order chi connectivity index (χ1) is 5.81. The van der Waals surface area contributed by atoms with E-state index >= 15 is 0 Å². The highest BCUT2D eigenvalue weighted by atomic mass is 14.8. The van der Waals surface area contributed by atoms with Crippen LogP contribution in [0.2, 0.25) is 0 Å². The van der Waals surface area contributed by atoms with Crippen molar-refractivity contribution < 1.29 is 0 Å². The summed E-state index contributed by atoms with van der Waals surface area (Å²) in [5.74, 6) is 0. The minimum atomic E-state index is 1.03. The molecule has 0 saturated heterocycles. The summed E-state index contributed by atoms with van der Waals surface area (Å²) in [5, 5.41) is 3.18. The highest BCUT2D eigenvalue weighted by Crippen LogP contribution is 1.85. The monoisotopic (exact) mass is 168 g/mol. The lowest BCUT2D eigenvalue weighted by Crippen LogP contribution is -2.05. The van der Waals surface area contributed by atoms with Crippen molar-refractivity contribution in [2.75, 3.05) is 6.54 Å². The van der Waals surface area contributed by atoms with Crippen molar-refractivity contribution >= 4 is 5.71 Å². The van der Waals surface area contributed by atoms with Gasteiger partial charge >= 0.3 is 0 Å². The van der Waals surface area contributed by atoms with Gasteiger partial charge in [0.05, 0.1) is 0 Å². The molecule has 0 heterocycles. The average molecular weight is 168 g/mol. The number of unbranched alkanes of at least 4 members (excludes halogenated alkanes) is 1. The fraction of sp³-hybridized carbons (Fsp3) is 0.700. The van der Waals surface area contributed by atoms with E-state index in [-0.39, 0.29) is 0 Å². The minimum Gasteiger partial charge on any atom is -0.390 e. The lowest BCUT2D eigenvalue weighted by molar-refractivity contribution is 0.734. The Morgan fingerprint density at radius 2 is 2.17 bits per heavy atom. The summed E-state index contributed by atoms with van der Waals surface area (Å²) in [7, 11) is 0. The number of rotatable bonds is 6. The van der Waals surface area contributed by atoms with Crippen LogP contribution in [0.25, 0.3) is 0 Å². The van der Waals surface area contributed by atoms with Crippen LogP contribution in [-0.4, -0.2) is 12.3 Å². The summed E-state index contributed by atoms with van der Waals surface area (Å²) in [6.07, 6.45) is 7.22. The van der Waals surface area contributed by atoms with Crippen LogP contribution in [0.15, 0.2) is 17.4 Å². The molecule has 0 radical (unpaired) electrons. The molecule has 2 nitrogen and oxygen atoms in total. The smallest absolute Gasteiger partial charge is 0.0423 e. The van der Waals surface area contributed by atoms with Gasteiger partial charge in [-0.15, -0.1) is 0 Å². The number of nitrogens with zero attached hydrogens (tertiary/aromatic N) is 1. The second-order valence-corrected chi connectivity index (χ2v) is 2.84. The predicted molar refractivity (Wildman–Crippen MR) is 55.5 cm³/mol. The van der Waals surface area contributed by atoms with Crippen molar-refractivity contribution in [3.63, 3.8) is 0 Å². The van der Waals surface area contributed by atoms with Crippen LogP contribution in [0.4, 0.5) is 0 Å². The van der Waals surface area contributed by atoms with Gasteiger partial charge in [-0.05, 0) is 19.8 Å². The fourth-order valence-electron chi connectivity index (χ4n) is 0.671. The Kier molecular flexibility index (Phi) is 7.76. The zero-order valence-electron chi connectivity index (χ0n) is 8.43. The molecule has 0 aromatic rings. The van der Waals surface area contributed by atoms with Crippen molar-refractivity contribution in [3.05, 3.63) is 12.4 Å². The van der Waals surface area contributed by atoms with E-state index in [4.69, 9.17) is 0 Å². The molecule has 0 atom stereocenters. The van der Waals surface area contributed by atoms with Gasteiger partial charge < -0.3 is 5.32 Å². The highest BCUT2D eigenvalue weighted by Gasteiger charge is 1.80. The van der Waals surface area contributed by atoms with Gasteiger partial charge in [0, 0.05) is 24.7 Å². The first-order valence-electron chi connectivity index (χ1n) is 4.73. The van der Waals surface area contributed by atoms with Crippen molar-refractivity contribution in [1.29, 1.82) is 0 Å². The van der Waals surface area contributed by atoms with Gasteiger partial charge in [0.15, 0.2) is 0 Å². The maximum absolute atomic E-state index is 4.21. The van der Waals surface area contributed by atoms with Crippen LogP contribution in [0.3, 0.4) is 0 Å². The quantitative estimate of drug-likeness (QED) is 0.478. The predicted octanol–water partition coefficient (Wildman–Crippen LogP) is 2.72. The van der Waals surface area contributed by atoms with Gasteiger partial charge in [-0.25, -0.2) is 0 Å². The molecule has 12 heavy (non-hydrogen) atoms. The molecule has 0 spiro atoms. The van der Waals surface area contributed by atoms with Crippen LogP contribution >= 0.6 is 0 Å². The number of aliphatic imine (C=N–C) groups is 1. The van der Waals surface area contributed by atoms with Gasteiger partial charge in [0.25, 0.3) is 0 Å². The number of hydrogen-bond acceptors (Lipinski definition) is 2. The molecule has 0 rings (SSSR count). The molecule has 0 bridgehead atoms. The Bertz CT molecular complexity index is 148. The molecule has 0 aromatic heterocycles. The zero-order valence-corrected chi connectivity index (χ0v) is 8.43. The van der Waals surface area contributed by atoms with E-state index in [1.807, 2.05) is 19.3 Å². The molecule has 0 aliphatic rings. The average Bonchev–Trinajstić information content (AvgIpc) is 2.10. The van der Waals surface area contributed by atoms with Crippen molar-refractivity contribution in [1.82, 2.24) is 5.32 Å². The second kappa shape index (κ2) is 8.31. The summed E-state index contributed by atoms with van der Waals surface area (Å²) >= 11 is 0. The Hall–Kier alpha value is -0.790. The summed E-state index contributed by atoms with van der Waals surface area (Å²) in [6, 6.07) is 0. The lowest BCUT2D eigenvalue weighted by Gasteiger charge is -1.95. The summed E-state index contributed by atoms with van der Waals surface area (Å²) in [5.41, 5.74) is 1.17. The molecule has 0 saturated carbocycles. The third-order valence-electron chi connectivity index (χ3n) is 1.67. The minimum absolute atomic E-state index is 1.03. The Morgan fingerprint density at radius 1 is 1.42 bits per heavy atom. The van der Waals surface area contributed by atoms with Crippen LogP contribution in [0.1, 0.15) is 40.0 Å². The topological polar surface area (TPSA) is 24.4 Å². The Morgan fingerprint density at radius 3 is 2.75 bits per heavy atom. The maximum atomic E-state index is 4.21. The summed E-state index contributed by atoms with van der Waals surface area (Å²) in [4.78, 5) is 4.21. The molecule has 0 fully saturated rings. The largest absolute Gasteiger partial charge is 0.390 e. The van der Waals surface area contributed by atoms with E-state index in [1.54, 1.807) is 0 Å². The van der Waals surface area contributed by atoms with Gasteiger partial charge in [-0.2, -0.15) is 0 Å². The standard InChI is InChI=1S/C10H20N2/c1-4-6-7-11-8-9-12-10(3)5-2/h8-9,11H,4-7H2,1-3H3/b9-8-,12-10?. The van der Waals surface area contributed by atoms with Crippen LogP contribution in [0.5, 0.6) is 0 Å². The molecule has 0 aliphatic heterocycles. The van der Waals surface area contributed by atoms with Crippen LogP contribution in [-0.2, 0) is 0 Å². The van der Waals surface area contributed by atoms with Crippen molar-refractivity contribution in [2.45, 2.75) is 40.0 Å². The van der Waals surface area contributed by atoms with Gasteiger partial charge in [0.1, 0.15) is 0 Å². The van der Waals surface area contributed by atoms with E-state index in [0.717, 1.165) is 13.0 Å². The van der Waals surface area contributed by atoms with E-state index in [1.165, 1.54) is 18.6 Å². The molecular weight excluding hydrogens is 148 g/mol. The first kappa shape index (κ1) is 11.2. The first-order valence-corrected chi connectivity index (χ1v) is 4.73. The Balaban J connectivity index is 3.36. The van der Waals surface area contributed by atoms with Crippen molar-refractivity contribution in [2.24, 2.45) is 4.99 Å². The molecule has 0 aromatic carbocycles. The summed E-state index contributed by atoms with van der Waals surface area (Å²) in [6.45, 7) is 7.38. The van der Waals surface area contributed by atoms with E-state index in [0.29, 0.717) is 0 Å². The number of nitrogens with one attached hydrogen (secondary N) is 1. The summed E-state index contributed by atoms with van der Waals surface area (Å²) < 4.78 is 0. The Labute approximate surface area is 75.8 Å². The fourth-order valence-corrected chi connectivity index (χ4v) is 0.671. The molecule has 2 heteroatoms. The molecule has 0 unspecified atom stereocenters. The highest BCUT2D eigenvalue weighted by molar-refractivity contribution is 5.82. The van der Waals surface area contributed by atoms with Crippen LogP contribution in [0, 0.1) is 0 Å². The van der Waals surface area contributed by atoms with Crippen LogP contribution < -0.4 is 5.32 Å². The zero-order chi connectivity index (χ0) is 9.23. The maximum Gasteiger partial charge on any atom is 0.0423 e. The molecule has 0 amide bonds. The third kappa shape index (κ3) is 7.32. The van der Waals surface area contributed by atoms with Gasteiger partial charge in [-0.1, -0.05) is 20.3 Å². The molecule has 0 aliphatic carbocycles. The molecular formula is C10H20N2. The molecule has 70 valence electrons. The lowest BCUT2D eigenvalue weighted by atomic mass is 10.3. The number of hydrogen-bond donors (Lipinski definition) is 1. The van der Waals surface area contributed by atoms with E-state index in [9.17, 15) is 0 Å². The van der Waals surface area contributed by atoms with Crippen molar-refractivity contribution in [3.8, 4) is 0 Å². The normalized spacial score (nSPS) is 12.4. The van der Waals surface area contributed by atoms with Gasteiger partial charge in [0.2, 0.25) is 0 Å². The third-order valence-corrected chi connectivity index (χ3v) is 1.67. The van der Waals surface area contributed by atoms with Gasteiger partial charge in [-0.3, -0.25) is 4.99 Å². The SMILES string of the molecule is CCCCN/C=C\N=C(C)CC. The van der Waals surface area contributed by atoms with E-state index < -0.39 is 0 Å². The second-order valence-electron chi connectivity index (χ2n) is 2.84. The molecule has 1 N–H and O–H groups in total.